The van der Waals surface area contributed by atoms with Crippen LogP contribution in [0.3, 0.4) is 0 Å². The summed E-state index contributed by atoms with van der Waals surface area (Å²) in [6.07, 6.45) is 0. The van der Waals surface area contributed by atoms with Gasteiger partial charge in [-0.15, -0.1) is 5.06 Å². The average molecular weight is 314 g/mol. The van der Waals surface area contributed by atoms with Crippen LogP contribution >= 0.6 is 0 Å². The minimum atomic E-state index is -1.83. The summed E-state index contributed by atoms with van der Waals surface area (Å²) < 4.78 is 0. The van der Waals surface area contributed by atoms with Gasteiger partial charge >= 0.3 is 5.95 Å². The second kappa shape index (κ2) is 7.00. The minimum absolute atomic E-state index is 0.301. The summed E-state index contributed by atoms with van der Waals surface area (Å²) >= 11 is 0. The zero-order chi connectivity index (χ0) is 16.9. The molecular weight excluding hydrogens is 296 g/mol. The van der Waals surface area contributed by atoms with E-state index in [1.807, 2.05) is 0 Å². The first-order valence-electron chi connectivity index (χ1n) is 6.30. The fourth-order valence-corrected chi connectivity index (χ4v) is 1.72. The lowest BCUT2D eigenvalue weighted by Crippen LogP contribution is -2.62. The molecule has 1 aliphatic rings. The van der Waals surface area contributed by atoms with E-state index >= 15 is 0 Å². The van der Waals surface area contributed by atoms with Gasteiger partial charge in [-0.2, -0.15) is 5.90 Å². The van der Waals surface area contributed by atoms with Crippen molar-refractivity contribution in [1.29, 1.82) is 0 Å². The van der Waals surface area contributed by atoms with Gasteiger partial charge in [0.05, 0.1) is 13.1 Å². The maximum atomic E-state index is 12.3. The molecule has 0 aromatic heterocycles. The molecule has 0 radical (unpaired) electrons. The molecule has 1 aliphatic heterocycles. The summed E-state index contributed by atoms with van der Waals surface area (Å²) in [6, 6.07) is 0. The lowest BCUT2D eigenvalue weighted by atomic mass is 9.91. The van der Waals surface area contributed by atoms with Crippen LogP contribution < -0.4 is 16.5 Å². The number of carbonyl (C=O) groups is 4. The van der Waals surface area contributed by atoms with Crippen LogP contribution in [0.4, 0.5) is 0 Å². The molecule has 1 heterocycles. The lowest BCUT2D eigenvalue weighted by Gasteiger charge is -2.36. The van der Waals surface area contributed by atoms with E-state index in [0.29, 0.717) is 0 Å². The number of hydrogen-bond donors (Lipinski definition) is 3. The molecule has 10 nitrogen and oxygen atoms in total. The number of hydrogen-bond acceptors (Lipinski definition) is 8. The second-order valence-corrected chi connectivity index (χ2v) is 4.72. The highest BCUT2D eigenvalue weighted by Crippen LogP contribution is 2.20. The van der Waals surface area contributed by atoms with Crippen molar-refractivity contribution in [2.24, 2.45) is 5.90 Å². The Morgan fingerprint density at radius 3 is 2.41 bits per heavy atom. The highest BCUT2D eigenvalue weighted by Gasteiger charge is 2.47. The smallest absolute Gasteiger partial charge is 0.311 e. The van der Waals surface area contributed by atoms with Crippen LogP contribution in [0.5, 0.6) is 0 Å². The van der Waals surface area contributed by atoms with E-state index in [9.17, 15) is 19.2 Å². The molecule has 0 aliphatic carbocycles. The number of carbonyl (C=O) groups excluding carboxylic acids is 4. The zero-order valence-corrected chi connectivity index (χ0v) is 12.3. The van der Waals surface area contributed by atoms with E-state index in [0.717, 1.165) is 12.0 Å². The fraction of sp³-hybridized carbons (Fsp3) is 0.500. The predicted molar refractivity (Wildman–Crippen MR) is 72.3 cm³/mol. The molecule has 0 bridgehead atoms. The van der Waals surface area contributed by atoms with E-state index < -0.39 is 48.0 Å². The topological polar surface area (TPSA) is 140 Å². The van der Waals surface area contributed by atoms with E-state index in [4.69, 9.17) is 10.7 Å². The van der Waals surface area contributed by atoms with Crippen molar-refractivity contribution in [2.45, 2.75) is 19.4 Å². The van der Waals surface area contributed by atoms with Crippen molar-refractivity contribution < 1.29 is 28.9 Å². The zero-order valence-electron chi connectivity index (χ0n) is 12.3. The molecule has 4 N–H and O–H groups in total. The van der Waals surface area contributed by atoms with Gasteiger partial charge in [0.2, 0.25) is 11.8 Å². The lowest BCUT2D eigenvalue weighted by molar-refractivity contribution is -0.217. The van der Waals surface area contributed by atoms with Crippen LogP contribution in [-0.4, -0.2) is 53.6 Å². The summed E-state index contributed by atoms with van der Waals surface area (Å²) in [6.45, 7) is 4.53. The van der Waals surface area contributed by atoms with Gasteiger partial charge in [-0.3, -0.25) is 19.2 Å². The predicted octanol–water partition coefficient (Wildman–Crippen LogP) is -2.26. The van der Waals surface area contributed by atoms with Crippen LogP contribution in [0.1, 0.15) is 13.8 Å². The Bertz CT molecular complexity index is 520. The maximum Gasteiger partial charge on any atom is 0.311 e. The van der Waals surface area contributed by atoms with Crippen LogP contribution in [-0.2, 0) is 28.9 Å². The van der Waals surface area contributed by atoms with Gasteiger partial charge < -0.3 is 20.3 Å². The summed E-state index contributed by atoms with van der Waals surface area (Å²) in [5, 5.41) is 5.44. The highest BCUT2D eigenvalue weighted by atomic mass is 16.8. The second-order valence-electron chi connectivity index (χ2n) is 4.72. The van der Waals surface area contributed by atoms with Gasteiger partial charge in [-0.1, -0.05) is 0 Å². The number of nitrogens with zero attached hydrogens (tertiary/aromatic N) is 1. The molecule has 1 atom stereocenters. The van der Waals surface area contributed by atoms with E-state index in [2.05, 4.69) is 22.1 Å². The number of nitrogens with one attached hydrogen (secondary N) is 2. The first-order chi connectivity index (χ1) is 10.2. The molecule has 1 saturated heterocycles. The van der Waals surface area contributed by atoms with Crippen molar-refractivity contribution in [1.82, 2.24) is 15.7 Å². The number of rotatable bonds is 4. The standard InChI is InChI=1S/C12H18N4O6/c1-7(17)12(3)9(18)4-14-10(19)5-15-11(20)6-16(12)22-8(2)21-13/h2,4-6,13H2,1,3H3,(H,14,19)(H,15,20). The number of hydroxylamine groups is 2. The van der Waals surface area contributed by atoms with E-state index in [1.165, 1.54) is 6.92 Å². The molecule has 122 valence electrons. The van der Waals surface area contributed by atoms with Crippen molar-refractivity contribution in [3.8, 4) is 0 Å². The number of amides is 2. The van der Waals surface area contributed by atoms with Gasteiger partial charge in [0.25, 0.3) is 0 Å². The molecule has 0 aromatic carbocycles. The fourth-order valence-electron chi connectivity index (χ4n) is 1.72. The Morgan fingerprint density at radius 1 is 1.27 bits per heavy atom. The summed E-state index contributed by atoms with van der Waals surface area (Å²) in [4.78, 5) is 56.9. The van der Waals surface area contributed by atoms with Crippen molar-refractivity contribution in [3.05, 3.63) is 12.5 Å². The Balaban J connectivity index is 3.20. The number of ketones is 2. The Hall–Kier alpha value is -2.46. The largest absolute Gasteiger partial charge is 0.373 e. The number of Topliss-reactive ketones (excluding diaryl/α,β-unsaturated/α-hetero) is 2. The molecule has 10 heteroatoms. The Labute approximate surface area is 126 Å². The molecule has 1 fully saturated rings. The molecule has 1 rings (SSSR count). The van der Waals surface area contributed by atoms with Crippen molar-refractivity contribution >= 4 is 23.4 Å². The SMILES string of the molecule is C=C(ON)ON1CC(=O)NCC(=O)NCC(=O)C1(C)C(C)=O. The summed E-state index contributed by atoms with van der Waals surface area (Å²) in [5.74, 6) is 2.05. The minimum Gasteiger partial charge on any atom is -0.373 e. The van der Waals surface area contributed by atoms with E-state index in [-0.39, 0.29) is 6.54 Å². The van der Waals surface area contributed by atoms with Crippen LogP contribution in [0.25, 0.3) is 0 Å². The highest BCUT2D eigenvalue weighted by molar-refractivity contribution is 6.12. The first kappa shape index (κ1) is 17.6. The van der Waals surface area contributed by atoms with Gasteiger partial charge in [0.15, 0.2) is 17.1 Å². The summed E-state index contributed by atoms with van der Waals surface area (Å²) in [5.41, 5.74) is -1.83. The van der Waals surface area contributed by atoms with Gasteiger partial charge in [-0.05, 0) is 20.4 Å². The third kappa shape index (κ3) is 3.80. The molecule has 22 heavy (non-hydrogen) atoms. The monoisotopic (exact) mass is 314 g/mol. The summed E-state index contributed by atoms with van der Waals surface area (Å²) in [7, 11) is 0. The molecule has 0 aromatic rings. The molecule has 0 spiro atoms. The van der Waals surface area contributed by atoms with Crippen molar-refractivity contribution in [2.75, 3.05) is 19.6 Å². The quantitative estimate of drug-likeness (QED) is 0.300. The van der Waals surface area contributed by atoms with Gasteiger partial charge in [0, 0.05) is 0 Å². The van der Waals surface area contributed by atoms with E-state index in [1.54, 1.807) is 0 Å². The molecule has 1 unspecified atom stereocenters. The molecule has 0 saturated carbocycles. The normalized spacial score (nSPS) is 24.0. The average Bonchev–Trinajstić information content (AvgIpc) is 2.47. The van der Waals surface area contributed by atoms with Gasteiger partial charge in [0.1, 0.15) is 6.54 Å². The third-order valence-corrected chi connectivity index (χ3v) is 3.25. The van der Waals surface area contributed by atoms with Crippen molar-refractivity contribution in [3.63, 3.8) is 0 Å². The third-order valence-electron chi connectivity index (χ3n) is 3.25. The van der Waals surface area contributed by atoms with Crippen LogP contribution in [0.2, 0.25) is 0 Å². The maximum absolute atomic E-state index is 12.3. The molecular formula is C12H18N4O6. The van der Waals surface area contributed by atoms with Crippen LogP contribution in [0, 0.1) is 0 Å². The Morgan fingerprint density at radius 2 is 1.86 bits per heavy atom. The van der Waals surface area contributed by atoms with Crippen LogP contribution in [0.15, 0.2) is 12.5 Å². The first-order valence-corrected chi connectivity index (χ1v) is 6.30. The number of nitrogens with two attached hydrogens (primary N) is 1. The Kier molecular flexibility index (Phi) is 5.60. The van der Waals surface area contributed by atoms with Gasteiger partial charge in [-0.25, -0.2) is 0 Å². The molecule has 2 amide bonds.